The highest BCUT2D eigenvalue weighted by Crippen LogP contribution is 2.25. The molecule has 0 spiro atoms. The van der Waals surface area contributed by atoms with Crippen LogP contribution in [0.25, 0.3) is 0 Å². The summed E-state index contributed by atoms with van der Waals surface area (Å²) >= 11 is 0. The van der Waals surface area contributed by atoms with Crippen LogP contribution in [0.4, 0.5) is 0 Å². The summed E-state index contributed by atoms with van der Waals surface area (Å²) in [5, 5.41) is 3.49. The first kappa shape index (κ1) is 8.63. The van der Waals surface area contributed by atoms with Crippen LogP contribution in [0.5, 0.6) is 0 Å². The average Bonchev–Trinajstić information content (AvgIpc) is 2.19. The average molecular weight is 177 g/mol. The lowest BCUT2D eigenvalue weighted by Gasteiger charge is -2.27. The summed E-state index contributed by atoms with van der Waals surface area (Å²) in [6.45, 7) is 3.42. The second-order valence-corrected chi connectivity index (χ2v) is 3.81. The van der Waals surface area contributed by atoms with Crippen LogP contribution in [-0.2, 0) is 0 Å². The molecular formula is C10H15N3. The molecule has 3 nitrogen and oxygen atoms in total. The molecule has 1 aromatic rings. The van der Waals surface area contributed by atoms with E-state index in [-0.39, 0.29) is 0 Å². The first-order valence-electron chi connectivity index (χ1n) is 4.84. The van der Waals surface area contributed by atoms with Gasteiger partial charge in [-0.15, -0.1) is 0 Å². The van der Waals surface area contributed by atoms with Gasteiger partial charge in [0.25, 0.3) is 0 Å². The Labute approximate surface area is 78.6 Å². The molecule has 0 radical (unpaired) electrons. The third kappa shape index (κ3) is 2.04. The molecule has 1 aromatic heterocycles. The molecule has 1 saturated heterocycles. The van der Waals surface area contributed by atoms with Crippen molar-refractivity contribution in [1.29, 1.82) is 0 Å². The number of hydrogen-bond donors (Lipinski definition) is 1. The van der Waals surface area contributed by atoms with Crippen molar-refractivity contribution in [2.24, 2.45) is 5.92 Å². The van der Waals surface area contributed by atoms with E-state index >= 15 is 0 Å². The van der Waals surface area contributed by atoms with Crippen LogP contribution in [0.1, 0.15) is 31.4 Å². The van der Waals surface area contributed by atoms with Gasteiger partial charge in [-0.2, -0.15) is 0 Å². The molecule has 2 rings (SSSR count). The molecule has 70 valence electrons. The Morgan fingerprint density at radius 3 is 2.85 bits per heavy atom. The SMILES string of the molecule is CC1CCNC(c2cncnc2)C1. The Morgan fingerprint density at radius 1 is 1.38 bits per heavy atom. The van der Waals surface area contributed by atoms with Crippen LogP contribution >= 0.6 is 0 Å². The predicted molar refractivity (Wildman–Crippen MR) is 51.2 cm³/mol. The molecule has 3 heteroatoms. The molecule has 1 aliphatic heterocycles. The maximum Gasteiger partial charge on any atom is 0.115 e. The van der Waals surface area contributed by atoms with Gasteiger partial charge in [-0.1, -0.05) is 6.92 Å². The Bertz CT molecular complexity index is 260. The zero-order valence-corrected chi connectivity index (χ0v) is 7.90. The minimum absolute atomic E-state index is 0.463. The summed E-state index contributed by atoms with van der Waals surface area (Å²) in [5.41, 5.74) is 1.22. The number of hydrogen-bond acceptors (Lipinski definition) is 3. The van der Waals surface area contributed by atoms with Crippen molar-refractivity contribution in [3.05, 3.63) is 24.3 Å². The zero-order chi connectivity index (χ0) is 9.10. The fraction of sp³-hybridized carbons (Fsp3) is 0.600. The van der Waals surface area contributed by atoms with Crippen molar-refractivity contribution in [2.45, 2.75) is 25.8 Å². The van der Waals surface area contributed by atoms with Gasteiger partial charge in [0.1, 0.15) is 6.33 Å². The van der Waals surface area contributed by atoms with Crippen LogP contribution in [0.2, 0.25) is 0 Å². The summed E-state index contributed by atoms with van der Waals surface area (Å²) < 4.78 is 0. The minimum atomic E-state index is 0.463. The molecule has 0 aromatic carbocycles. The highest BCUT2D eigenvalue weighted by atomic mass is 14.9. The highest BCUT2D eigenvalue weighted by molar-refractivity contribution is 5.10. The van der Waals surface area contributed by atoms with Gasteiger partial charge in [0.2, 0.25) is 0 Å². The van der Waals surface area contributed by atoms with E-state index in [0.717, 1.165) is 12.5 Å². The van der Waals surface area contributed by atoms with Crippen molar-refractivity contribution in [1.82, 2.24) is 15.3 Å². The lowest BCUT2D eigenvalue weighted by molar-refractivity contribution is 0.324. The number of nitrogens with one attached hydrogen (secondary N) is 1. The number of aromatic nitrogens is 2. The lowest BCUT2D eigenvalue weighted by Crippen LogP contribution is -2.30. The third-order valence-electron chi connectivity index (χ3n) is 2.65. The predicted octanol–water partition coefficient (Wildman–Crippen LogP) is 1.54. The van der Waals surface area contributed by atoms with Crippen LogP contribution in [0, 0.1) is 5.92 Å². The van der Waals surface area contributed by atoms with Crippen LogP contribution < -0.4 is 5.32 Å². The van der Waals surface area contributed by atoms with Crippen molar-refractivity contribution in [3.63, 3.8) is 0 Å². The maximum absolute atomic E-state index is 4.03. The van der Waals surface area contributed by atoms with Gasteiger partial charge in [-0.3, -0.25) is 0 Å². The number of nitrogens with zero attached hydrogens (tertiary/aromatic N) is 2. The fourth-order valence-corrected chi connectivity index (χ4v) is 1.85. The Hall–Kier alpha value is -0.960. The molecule has 2 heterocycles. The van der Waals surface area contributed by atoms with Gasteiger partial charge in [-0.25, -0.2) is 9.97 Å². The molecule has 1 N–H and O–H groups in total. The van der Waals surface area contributed by atoms with Gasteiger partial charge >= 0.3 is 0 Å². The van der Waals surface area contributed by atoms with Gasteiger partial charge < -0.3 is 5.32 Å². The fourth-order valence-electron chi connectivity index (χ4n) is 1.85. The molecule has 13 heavy (non-hydrogen) atoms. The van der Waals surface area contributed by atoms with Crippen molar-refractivity contribution in [2.75, 3.05) is 6.54 Å². The van der Waals surface area contributed by atoms with Gasteiger partial charge in [0, 0.05) is 24.0 Å². The first-order chi connectivity index (χ1) is 6.36. The largest absolute Gasteiger partial charge is 0.310 e. The minimum Gasteiger partial charge on any atom is -0.310 e. The molecular weight excluding hydrogens is 162 g/mol. The Kier molecular flexibility index (Phi) is 2.54. The normalized spacial score (nSPS) is 28.7. The van der Waals surface area contributed by atoms with E-state index in [1.54, 1.807) is 6.33 Å². The second-order valence-electron chi connectivity index (χ2n) is 3.81. The van der Waals surface area contributed by atoms with Crippen LogP contribution in [-0.4, -0.2) is 16.5 Å². The molecule has 0 bridgehead atoms. The summed E-state index contributed by atoms with van der Waals surface area (Å²) in [7, 11) is 0. The number of piperidine rings is 1. The van der Waals surface area contributed by atoms with E-state index in [4.69, 9.17) is 0 Å². The van der Waals surface area contributed by atoms with Gasteiger partial charge in [0.15, 0.2) is 0 Å². The molecule has 1 aliphatic rings. The Balaban J connectivity index is 2.08. The zero-order valence-electron chi connectivity index (χ0n) is 7.90. The highest BCUT2D eigenvalue weighted by Gasteiger charge is 2.19. The summed E-state index contributed by atoms with van der Waals surface area (Å²) in [4.78, 5) is 8.07. The smallest absolute Gasteiger partial charge is 0.115 e. The molecule has 0 amide bonds. The summed E-state index contributed by atoms with van der Waals surface area (Å²) in [6, 6.07) is 0.463. The first-order valence-corrected chi connectivity index (χ1v) is 4.84. The van der Waals surface area contributed by atoms with E-state index < -0.39 is 0 Å². The molecule has 1 fully saturated rings. The third-order valence-corrected chi connectivity index (χ3v) is 2.65. The van der Waals surface area contributed by atoms with E-state index in [1.807, 2.05) is 12.4 Å². The standard InChI is InChI=1S/C10H15N3/c1-8-2-3-13-10(4-8)9-5-11-7-12-6-9/h5-8,10,13H,2-4H2,1H3. The summed E-state index contributed by atoms with van der Waals surface area (Å²) in [5.74, 6) is 0.812. The van der Waals surface area contributed by atoms with Crippen LogP contribution in [0.3, 0.4) is 0 Å². The maximum atomic E-state index is 4.03. The monoisotopic (exact) mass is 177 g/mol. The second kappa shape index (κ2) is 3.83. The number of rotatable bonds is 1. The molecule has 0 aliphatic carbocycles. The van der Waals surface area contributed by atoms with E-state index in [2.05, 4.69) is 22.2 Å². The van der Waals surface area contributed by atoms with E-state index in [0.29, 0.717) is 6.04 Å². The quantitative estimate of drug-likeness (QED) is 0.707. The van der Waals surface area contributed by atoms with Gasteiger partial charge in [0.05, 0.1) is 0 Å². The topological polar surface area (TPSA) is 37.8 Å². The lowest BCUT2D eigenvalue weighted by atomic mass is 9.91. The molecule has 0 saturated carbocycles. The van der Waals surface area contributed by atoms with Crippen LogP contribution in [0.15, 0.2) is 18.7 Å². The molecule has 2 unspecified atom stereocenters. The van der Waals surface area contributed by atoms with E-state index in [9.17, 15) is 0 Å². The van der Waals surface area contributed by atoms with Crippen molar-refractivity contribution in [3.8, 4) is 0 Å². The summed E-state index contributed by atoms with van der Waals surface area (Å²) in [6.07, 6.45) is 7.87. The molecule has 2 atom stereocenters. The van der Waals surface area contributed by atoms with E-state index in [1.165, 1.54) is 18.4 Å². The van der Waals surface area contributed by atoms with Crippen molar-refractivity contribution >= 4 is 0 Å². The van der Waals surface area contributed by atoms with Crippen molar-refractivity contribution < 1.29 is 0 Å². The van der Waals surface area contributed by atoms with Gasteiger partial charge in [-0.05, 0) is 25.3 Å². The Morgan fingerprint density at radius 2 is 2.15 bits per heavy atom.